The van der Waals surface area contributed by atoms with E-state index in [-0.39, 0.29) is 32.1 Å². The predicted octanol–water partition coefficient (Wildman–Crippen LogP) is 10.3. The molecule has 1 amide bonds. The summed E-state index contributed by atoms with van der Waals surface area (Å²) in [6, 6.07) is 0. The van der Waals surface area contributed by atoms with Gasteiger partial charge >= 0.3 is 13.8 Å². The Labute approximate surface area is 310 Å². The zero-order valence-corrected chi connectivity index (χ0v) is 32.7. The molecule has 0 aromatic rings. The highest BCUT2D eigenvalue weighted by molar-refractivity contribution is 7.47. The van der Waals surface area contributed by atoms with Crippen molar-refractivity contribution in [2.45, 2.75) is 148 Å². The van der Waals surface area contributed by atoms with Crippen LogP contribution in [0.2, 0.25) is 0 Å². The molecule has 0 radical (unpaired) electrons. The van der Waals surface area contributed by atoms with Crippen molar-refractivity contribution in [1.82, 2.24) is 5.32 Å². The second-order valence-corrected chi connectivity index (χ2v) is 14.0. The average Bonchev–Trinajstić information content (AvgIpc) is 3.11. The Morgan fingerprint density at radius 1 is 0.627 bits per heavy atom. The summed E-state index contributed by atoms with van der Waals surface area (Å²) in [5.74, 6) is -0.592. The van der Waals surface area contributed by atoms with E-state index >= 15 is 0 Å². The molecular weight excluding hydrogens is 665 g/mol. The number of rotatable bonds is 35. The molecule has 0 heterocycles. The summed E-state index contributed by atoms with van der Waals surface area (Å²) < 4.78 is 26.7. The molecule has 0 spiro atoms. The summed E-state index contributed by atoms with van der Waals surface area (Å²) in [5.41, 5.74) is 0. The number of aliphatic hydroxyl groups excluding tert-OH is 1. The first-order chi connectivity index (χ1) is 24.8. The first-order valence-electron chi connectivity index (χ1n) is 19.4. The second-order valence-electron chi connectivity index (χ2n) is 12.5. The van der Waals surface area contributed by atoms with Crippen LogP contribution in [0.15, 0.2) is 72.9 Å². The van der Waals surface area contributed by atoms with E-state index in [1.807, 2.05) is 6.08 Å². The van der Waals surface area contributed by atoms with E-state index in [9.17, 15) is 24.2 Å². The van der Waals surface area contributed by atoms with Gasteiger partial charge in [-0.2, -0.15) is 0 Å². The van der Waals surface area contributed by atoms with Crippen molar-refractivity contribution in [3.8, 4) is 0 Å². The normalized spacial score (nSPS) is 14.2. The quantitative estimate of drug-likeness (QED) is 0.0254. The summed E-state index contributed by atoms with van der Waals surface area (Å²) in [7, 11) is -4.43. The Hall–Kier alpha value is -2.55. The molecule has 0 aliphatic heterocycles. The minimum atomic E-state index is -4.43. The topological polar surface area (TPSA) is 131 Å². The molecule has 0 aliphatic rings. The van der Waals surface area contributed by atoms with Crippen LogP contribution in [0, 0.1) is 0 Å². The molecule has 3 N–H and O–H groups in total. The van der Waals surface area contributed by atoms with Gasteiger partial charge in [-0.15, -0.1) is 0 Å². The SMILES string of the molecule is CC/C=C\C/C=C\C/C=C\C/C=C\C/C=C\CCCC(=O)OCC(O)COP(=O)(O)OCCNC(=O)CCCCCCC/C=C\CCCCCC. The van der Waals surface area contributed by atoms with Gasteiger partial charge in [0.2, 0.25) is 5.91 Å². The van der Waals surface area contributed by atoms with Crippen molar-refractivity contribution in [2.75, 3.05) is 26.4 Å². The fourth-order valence-electron chi connectivity index (χ4n) is 4.70. The second kappa shape index (κ2) is 37.2. The standard InChI is InChI=1S/C41H70NO8P/c1-3-5-7-9-11-13-15-17-18-19-20-22-24-26-28-30-32-34-41(45)48-37-39(43)38-50-51(46,47)49-36-35-42-40(44)33-31-29-27-25-23-21-16-14-12-10-8-6-4-2/h5,7,11,13-14,16-18,20,22,26,28,39,43H,3-4,6,8-10,12,15,19,21,23-25,27,29-38H2,1-2H3,(H,42,44)(H,46,47)/b7-5-,13-11-,16-14-,18-17-,22-20-,28-26-. The van der Waals surface area contributed by atoms with Crippen LogP contribution in [0.25, 0.3) is 0 Å². The number of hydrogen-bond acceptors (Lipinski definition) is 7. The number of allylic oxidation sites excluding steroid dienone is 12. The fraction of sp³-hybridized carbons (Fsp3) is 0.659. The lowest BCUT2D eigenvalue weighted by Gasteiger charge is -2.15. The molecule has 0 saturated carbocycles. The maximum atomic E-state index is 12.1. The van der Waals surface area contributed by atoms with Crippen LogP contribution in [-0.2, 0) is 27.9 Å². The maximum Gasteiger partial charge on any atom is 0.472 e. The van der Waals surface area contributed by atoms with Crippen molar-refractivity contribution in [3.63, 3.8) is 0 Å². The van der Waals surface area contributed by atoms with E-state index in [1.54, 1.807) is 0 Å². The molecule has 51 heavy (non-hydrogen) atoms. The zero-order valence-electron chi connectivity index (χ0n) is 31.8. The molecular formula is C41H70NO8P. The summed E-state index contributed by atoms with van der Waals surface area (Å²) in [6.45, 7) is 3.32. The van der Waals surface area contributed by atoms with Crippen LogP contribution < -0.4 is 5.32 Å². The first kappa shape index (κ1) is 48.5. The van der Waals surface area contributed by atoms with Crippen LogP contribution in [-0.4, -0.2) is 54.3 Å². The van der Waals surface area contributed by atoms with Crippen LogP contribution in [0.5, 0.6) is 0 Å². The molecule has 0 aliphatic carbocycles. The van der Waals surface area contributed by atoms with Gasteiger partial charge in [0.1, 0.15) is 12.7 Å². The van der Waals surface area contributed by atoms with Gasteiger partial charge in [-0.1, -0.05) is 125 Å². The minimum Gasteiger partial charge on any atom is -0.463 e. The summed E-state index contributed by atoms with van der Waals surface area (Å²) >= 11 is 0. The molecule has 0 aromatic carbocycles. The molecule has 2 unspecified atom stereocenters. The third kappa shape index (κ3) is 38.5. The fourth-order valence-corrected chi connectivity index (χ4v) is 5.46. The molecule has 0 bridgehead atoms. The van der Waals surface area contributed by atoms with Crippen LogP contribution in [0.1, 0.15) is 142 Å². The number of aliphatic hydroxyl groups is 1. The van der Waals surface area contributed by atoms with Gasteiger partial charge in [0.25, 0.3) is 0 Å². The van der Waals surface area contributed by atoms with Gasteiger partial charge in [0, 0.05) is 19.4 Å². The zero-order chi connectivity index (χ0) is 37.5. The highest BCUT2D eigenvalue weighted by Crippen LogP contribution is 2.42. The number of unbranched alkanes of at least 4 members (excludes halogenated alkanes) is 10. The maximum absolute atomic E-state index is 12.1. The van der Waals surface area contributed by atoms with Gasteiger partial charge in [0.05, 0.1) is 13.2 Å². The minimum absolute atomic E-state index is 0.0668. The van der Waals surface area contributed by atoms with Crippen molar-refractivity contribution in [2.24, 2.45) is 0 Å². The van der Waals surface area contributed by atoms with Gasteiger partial charge in [-0.25, -0.2) is 4.57 Å². The number of nitrogens with one attached hydrogen (secondary N) is 1. The first-order valence-corrected chi connectivity index (χ1v) is 20.9. The monoisotopic (exact) mass is 735 g/mol. The number of esters is 1. The summed E-state index contributed by atoms with van der Waals surface area (Å²) in [5, 5.41) is 12.6. The molecule has 0 aromatic heterocycles. The van der Waals surface area contributed by atoms with E-state index in [4.69, 9.17) is 13.8 Å². The largest absolute Gasteiger partial charge is 0.472 e. The Balaban J connectivity index is 3.74. The Morgan fingerprint density at radius 2 is 1.14 bits per heavy atom. The lowest BCUT2D eigenvalue weighted by atomic mass is 10.1. The predicted molar refractivity (Wildman–Crippen MR) is 210 cm³/mol. The smallest absolute Gasteiger partial charge is 0.463 e. The Morgan fingerprint density at radius 3 is 1.75 bits per heavy atom. The molecule has 292 valence electrons. The van der Waals surface area contributed by atoms with E-state index in [1.165, 1.54) is 38.5 Å². The van der Waals surface area contributed by atoms with Gasteiger partial charge < -0.3 is 20.1 Å². The molecule has 0 saturated heterocycles. The number of hydrogen-bond donors (Lipinski definition) is 3. The molecule has 0 rings (SSSR count). The number of amides is 1. The van der Waals surface area contributed by atoms with Crippen LogP contribution in [0.3, 0.4) is 0 Å². The number of phosphoric ester groups is 1. The Kier molecular flexibility index (Phi) is 35.4. The molecule has 2 atom stereocenters. The number of ether oxygens (including phenoxy) is 1. The van der Waals surface area contributed by atoms with Gasteiger partial charge in [-0.3, -0.25) is 18.6 Å². The molecule has 0 fully saturated rings. The molecule has 9 nitrogen and oxygen atoms in total. The number of carbonyl (C=O) groups is 2. The van der Waals surface area contributed by atoms with Crippen LogP contribution >= 0.6 is 7.82 Å². The van der Waals surface area contributed by atoms with E-state index < -0.39 is 26.5 Å². The van der Waals surface area contributed by atoms with Crippen molar-refractivity contribution in [3.05, 3.63) is 72.9 Å². The van der Waals surface area contributed by atoms with Crippen molar-refractivity contribution >= 4 is 19.7 Å². The highest BCUT2D eigenvalue weighted by atomic mass is 31.2. The number of phosphoric acid groups is 1. The Bertz CT molecular complexity index is 1070. The average molecular weight is 736 g/mol. The van der Waals surface area contributed by atoms with Crippen molar-refractivity contribution < 1.29 is 37.9 Å². The van der Waals surface area contributed by atoms with Crippen LogP contribution in [0.4, 0.5) is 0 Å². The third-order valence-corrected chi connectivity index (χ3v) is 8.60. The van der Waals surface area contributed by atoms with E-state index in [2.05, 4.69) is 86.0 Å². The van der Waals surface area contributed by atoms with Crippen molar-refractivity contribution in [1.29, 1.82) is 0 Å². The number of carbonyl (C=O) groups excluding carboxylic acids is 2. The van der Waals surface area contributed by atoms with Gasteiger partial charge in [0.15, 0.2) is 0 Å². The van der Waals surface area contributed by atoms with E-state index in [0.717, 1.165) is 70.6 Å². The lowest BCUT2D eigenvalue weighted by Crippen LogP contribution is -2.27. The third-order valence-electron chi connectivity index (χ3n) is 7.62. The lowest BCUT2D eigenvalue weighted by molar-refractivity contribution is -0.147. The highest BCUT2D eigenvalue weighted by Gasteiger charge is 2.23. The van der Waals surface area contributed by atoms with E-state index in [0.29, 0.717) is 12.8 Å². The summed E-state index contributed by atoms with van der Waals surface area (Å²) in [6.07, 6.45) is 44.1. The summed E-state index contributed by atoms with van der Waals surface area (Å²) in [4.78, 5) is 33.8. The van der Waals surface area contributed by atoms with Gasteiger partial charge in [-0.05, 0) is 77.0 Å². The molecule has 10 heteroatoms.